The van der Waals surface area contributed by atoms with Crippen LogP contribution in [0, 0.1) is 0 Å². The fourth-order valence-electron chi connectivity index (χ4n) is 1.20. The van der Waals surface area contributed by atoms with Gasteiger partial charge in [0.1, 0.15) is 0 Å². The Balaban J connectivity index is 0.000000252. The number of nitrogens with one attached hydrogen (secondary N) is 1. The van der Waals surface area contributed by atoms with E-state index in [1.54, 1.807) is 14.2 Å². The molecule has 0 aromatic rings. The smallest absolute Gasteiger partial charge is 0.303 e. The van der Waals surface area contributed by atoms with Crippen molar-refractivity contribution in [1.82, 2.24) is 5.32 Å². The average Bonchev–Trinajstić information content (AvgIpc) is 2.85. The van der Waals surface area contributed by atoms with E-state index in [-0.39, 0.29) is 0 Å². The highest BCUT2D eigenvalue weighted by atomic mass is 28.3. The van der Waals surface area contributed by atoms with Crippen molar-refractivity contribution >= 4 is 10.0 Å². The van der Waals surface area contributed by atoms with Gasteiger partial charge >= 0.3 is 10.0 Å². The van der Waals surface area contributed by atoms with Crippen LogP contribution in [0.3, 0.4) is 0 Å². The summed E-state index contributed by atoms with van der Waals surface area (Å²) >= 11 is 0. The lowest BCUT2D eigenvalue weighted by molar-refractivity contribution is 0.309. The zero-order valence-electron chi connectivity index (χ0n) is 9.04. The van der Waals surface area contributed by atoms with Gasteiger partial charge < -0.3 is 19.9 Å². The first-order valence-electron chi connectivity index (χ1n) is 4.66. The molecule has 1 saturated heterocycles. The van der Waals surface area contributed by atoms with Crippen molar-refractivity contribution in [2.45, 2.75) is 38.4 Å². The molecule has 13 heavy (non-hydrogen) atoms. The zero-order valence-corrected chi connectivity index (χ0v) is 10.5. The highest BCUT2D eigenvalue weighted by Gasteiger charge is 2.36. The molecule has 0 bridgehead atoms. The van der Waals surface area contributed by atoms with Gasteiger partial charge in [0.05, 0.1) is 0 Å². The number of rotatable bonds is 4. The van der Waals surface area contributed by atoms with Crippen LogP contribution in [0.25, 0.3) is 0 Å². The van der Waals surface area contributed by atoms with Crippen molar-refractivity contribution in [2.75, 3.05) is 14.2 Å². The number of hydrogen-bond donors (Lipinski definition) is 2. The van der Waals surface area contributed by atoms with Crippen molar-refractivity contribution in [3.63, 3.8) is 0 Å². The number of hydrogen-bond acceptors (Lipinski definition) is 4. The Hall–Kier alpha value is 0.0569. The van der Waals surface area contributed by atoms with Crippen LogP contribution in [-0.2, 0) is 8.85 Å². The van der Waals surface area contributed by atoms with Gasteiger partial charge in [0.25, 0.3) is 0 Å². The van der Waals surface area contributed by atoms with Crippen molar-refractivity contribution in [1.29, 1.82) is 0 Å². The van der Waals surface area contributed by atoms with Gasteiger partial charge in [0, 0.05) is 32.3 Å². The molecule has 0 spiro atoms. The van der Waals surface area contributed by atoms with Crippen LogP contribution in [0.5, 0.6) is 0 Å². The summed E-state index contributed by atoms with van der Waals surface area (Å²) in [6.07, 6.45) is 1.21. The van der Waals surface area contributed by atoms with Crippen LogP contribution >= 0.6 is 0 Å². The van der Waals surface area contributed by atoms with Crippen LogP contribution in [0.4, 0.5) is 0 Å². The summed E-state index contributed by atoms with van der Waals surface area (Å²) in [4.78, 5) is 0. The molecule has 1 fully saturated rings. The number of nitrogens with two attached hydrogens (primary N) is 1. The van der Waals surface area contributed by atoms with Gasteiger partial charge in [-0.05, 0) is 13.3 Å². The first kappa shape index (κ1) is 13.1. The Labute approximate surface area is 83.2 Å². The Kier molecular flexibility index (Phi) is 7.49. The van der Waals surface area contributed by atoms with Gasteiger partial charge in [-0.25, -0.2) is 0 Å². The lowest BCUT2D eigenvalue weighted by Crippen LogP contribution is -2.24. The maximum absolute atomic E-state index is 5.60. The van der Waals surface area contributed by atoms with E-state index in [0.29, 0.717) is 12.1 Å². The molecule has 3 atom stereocenters. The largest absolute Gasteiger partial charge is 0.402 e. The summed E-state index contributed by atoms with van der Waals surface area (Å²) in [5.74, 6) is 0. The third-order valence-corrected chi connectivity index (χ3v) is 2.44. The molecule has 5 heteroatoms. The van der Waals surface area contributed by atoms with Crippen LogP contribution in [0.15, 0.2) is 0 Å². The summed E-state index contributed by atoms with van der Waals surface area (Å²) < 4.78 is 9.22. The van der Waals surface area contributed by atoms with Crippen LogP contribution in [-0.4, -0.2) is 42.4 Å². The highest BCUT2D eigenvalue weighted by Crippen LogP contribution is 2.15. The Morgan fingerprint density at radius 2 is 2.00 bits per heavy atom. The third kappa shape index (κ3) is 6.17. The molecule has 3 N–H and O–H groups in total. The quantitative estimate of drug-likeness (QED) is 0.474. The summed E-state index contributed by atoms with van der Waals surface area (Å²) in [5, 5.41) is 3.29. The second-order valence-electron chi connectivity index (χ2n) is 3.26. The normalized spacial score (nSPS) is 27.5. The molecule has 4 nitrogen and oxygen atoms in total. The van der Waals surface area contributed by atoms with Gasteiger partial charge in [0.15, 0.2) is 0 Å². The predicted molar refractivity (Wildman–Crippen MR) is 57.2 cm³/mol. The Morgan fingerprint density at radius 1 is 1.46 bits per heavy atom. The van der Waals surface area contributed by atoms with E-state index in [1.165, 1.54) is 6.42 Å². The first-order chi connectivity index (χ1) is 6.17. The fourth-order valence-corrected chi connectivity index (χ4v) is 1.44. The minimum Gasteiger partial charge on any atom is -0.402 e. The standard InChI is InChI=1S/C6H14N2.C2H8O2Si/c1-3-5-6(8-5)4(2)7;1-3-5-4-2/h4-6,8H,3,7H2,1-2H3;5H2,1-2H3. The second kappa shape index (κ2) is 7.46. The second-order valence-corrected chi connectivity index (χ2v) is 4.65. The van der Waals surface area contributed by atoms with Crippen LogP contribution in [0.2, 0.25) is 0 Å². The van der Waals surface area contributed by atoms with Gasteiger partial charge in [-0.2, -0.15) is 0 Å². The van der Waals surface area contributed by atoms with Crippen molar-refractivity contribution < 1.29 is 8.85 Å². The highest BCUT2D eigenvalue weighted by molar-refractivity contribution is 6.17. The molecular weight excluding hydrogens is 184 g/mol. The summed E-state index contributed by atoms with van der Waals surface area (Å²) in [6, 6.07) is 1.66. The van der Waals surface area contributed by atoms with E-state index in [4.69, 9.17) is 5.73 Å². The molecule has 1 aliphatic heterocycles. The summed E-state index contributed by atoms with van der Waals surface area (Å²) in [7, 11) is 2.73. The molecule has 0 aromatic carbocycles. The molecule has 0 saturated carbocycles. The topological polar surface area (TPSA) is 66.4 Å². The van der Waals surface area contributed by atoms with E-state index in [9.17, 15) is 0 Å². The molecule has 80 valence electrons. The van der Waals surface area contributed by atoms with Crippen molar-refractivity contribution in [2.24, 2.45) is 5.73 Å². The molecular formula is C8H22N2O2Si. The van der Waals surface area contributed by atoms with E-state index in [1.807, 2.05) is 6.92 Å². The maximum Gasteiger partial charge on any atom is 0.303 e. The zero-order chi connectivity index (χ0) is 10.3. The van der Waals surface area contributed by atoms with Crippen LogP contribution in [0.1, 0.15) is 20.3 Å². The molecule has 1 heterocycles. The van der Waals surface area contributed by atoms with E-state index < -0.39 is 10.0 Å². The third-order valence-electron chi connectivity index (χ3n) is 1.97. The van der Waals surface area contributed by atoms with E-state index in [2.05, 4.69) is 21.1 Å². The minimum absolute atomic E-state index is 0.333. The van der Waals surface area contributed by atoms with Gasteiger partial charge in [0.2, 0.25) is 0 Å². The fraction of sp³-hybridized carbons (Fsp3) is 1.00. The van der Waals surface area contributed by atoms with Crippen molar-refractivity contribution in [3.05, 3.63) is 0 Å². The minimum atomic E-state index is -0.568. The molecule has 0 aliphatic carbocycles. The van der Waals surface area contributed by atoms with E-state index in [0.717, 1.165) is 6.04 Å². The predicted octanol–water partition coefficient (Wildman–Crippen LogP) is -0.638. The molecule has 1 aliphatic rings. The van der Waals surface area contributed by atoms with Gasteiger partial charge in [-0.1, -0.05) is 6.92 Å². The first-order valence-corrected chi connectivity index (χ1v) is 5.82. The monoisotopic (exact) mass is 206 g/mol. The molecule has 0 radical (unpaired) electrons. The molecule has 0 amide bonds. The van der Waals surface area contributed by atoms with Crippen molar-refractivity contribution in [3.8, 4) is 0 Å². The SMILES string of the molecule is CCC1NC1C(C)N.CO[SiH2]OC. The summed E-state index contributed by atoms with van der Waals surface area (Å²) in [6.45, 7) is 4.23. The molecule has 3 unspecified atom stereocenters. The Morgan fingerprint density at radius 3 is 2.08 bits per heavy atom. The lowest BCUT2D eigenvalue weighted by Gasteiger charge is -1.97. The lowest BCUT2D eigenvalue weighted by atomic mass is 10.2. The van der Waals surface area contributed by atoms with E-state index >= 15 is 0 Å². The van der Waals surface area contributed by atoms with Gasteiger partial charge in [-0.3, -0.25) is 0 Å². The Bertz CT molecular complexity index is 123. The average molecular weight is 206 g/mol. The summed E-state index contributed by atoms with van der Waals surface area (Å²) in [5.41, 5.74) is 5.60. The molecule has 1 rings (SSSR count). The van der Waals surface area contributed by atoms with Gasteiger partial charge in [-0.15, -0.1) is 0 Å². The molecule has 0 aromatic heterocycles. The van der Waals surface area contributed by atoms with Crippen LogP contribution < -0.4 is 11.1 Å². The maximum atomic E-state index is 5.60.